The van der Waals surface area contributed by atoms with Crippen LogP contribution >= 0.6 is 11.6 Å². The lowest BCUT2D eigenvalue weighted by molar-refractivity contribution is 0.333. The van der Waals surface area contributed by atoms with Gasteiger partial charge in [-0.25, -0.2) is 0 Å². The molecule has 2 unspecified atom stereocenters. The van der Waals surface area contributed by atoms with E-state index in [4.69, 9.17) is 11.6 Å². The molecule has 0 fully saturated rings. The van der Waals surface area contributed by atoms with Gasteiger partial charge in [0.15, 0.2) is 0 Å². The van der Waals surface area contributed by atoms with Crippen LogP contribution in [0.2, 0.25) is 0 Å². The second-order valence-electron chi connectivity index (χ2n) is 3.50. The Bertz CT molecular complexity index is 99.7. The van der Waals surface area contributed by atoms with Crippen molar-refractivity contribution in [2.75, 3.05) is 5.88 Å². The Balaban J connectivity index is 3.86. The molecule has 0 aliphatic carbocycles. The van der Waals surface area contributed by atoms with Crippen LogP contribution in [0.15, 0.2) is 0 Å². The molecule has 1 nitrogen and oxygen atoms in total. The number of nitrogens with one attached hydrogen (secondary N) is 1. The van der Waals surface area contributed by atoms with E-state index in [-0.39, 0.29) is 5.54 Å². The Morgan fingerprint density at radius 2 is 2.00 bits per heavy atom. The summed E-state index contributed by atoms with van der Waals surface area (Å²) in [5.74, 6) is 0.688. The van der Waals surface area contributed by atoms with Crippen LogP contribution in [-0.2, 0) is 0 Å². The third-order valence-electron chi connectivity index (χ3n) is 2.28. The molecule has 68 valence electrons. The highest BCUT2D eigenvalue weighted by Crippen LogP contribution is 2.12. The number of hydrogen-bond donors (Lipinski definition) is 1. The van der Waals surface area contributed by atoms with E-state index in [1.54, 1.807) is 0 Å². The smallest absolute Gasteiger partial charge is 0.0403 e. The van der Waals surface area contributed by atoms with Gasteiger partial charge in [-0.3, -0.25) is 0 Å². The first-order chi connectivity index (χ1) is 5.08. The molecule has 0 aromatic rings. The molecule has 0 saturated carbocycles. The van der Waals surface area contributed by atoms with Crippen molar-refractivity contribution in [3.8, 4) is 0 Å². The van der Waals surface area contributed by atoms with Crippen molar-refractivity contribution in [2.24, 2.45) is 0 Å². The van der Waals surface area contributed by atoms with Crippen molar-refractivity contribution >= 4 is 11.6 Å². The zero-order valence-corrected chi connectivity index (χ0v) is 8.83. The van der Waals surface area contributed by atoms with E-state index in [0.29, 0.717) is 11.9 Å². The number of halogens is 1. The van der Waals surface area contributed by atoms with Crippen molar-refractivity contribution in [3.05, 3.63) is 0 Å². The summed E-state index contributed by atoms with van der Waals surface area (Å²) in [7, 11) is 0. The average Bonchev–Trinajstić information content (AvgIpc) is 2.04. The van der Waals surface area contributed by atoms with E-state index in [1.807, 2.05) is 0 Å². The molecule has 0 amide bonds. The van der Waals surface area contributed by atoms with E-state index in [2.05, 4.69) is 33.0 Å². The summed E-state index contributed by atoms with van der Waals surface area (Å²) in [5.41, 5.74) is 0.122. The Morgan fingerprint density at radius 1 is 1.45 bits per heavy atom. The molecule has 0 aromatic carbocycles. The molecule has 0 heterocycles. The summed E-state index contributed by atoms with van der Waals surface area (Å²) in [6.45, 7) is 8.71. The summed E-state index contributed by atoms with van der Waals surface area (Å²) in [4.78, 5) is 0. The summed E-state index contributed by atoms with van der Waals surface area (Å²) >= 11 is 5.85. The van der Waals surface area contributed by atoms with Crippen LogP contribution < -0.4 is 5.32 Å². The molecular formula is C9H20ClN. The van der Waals surface area contributed by atoms with Crippen LogP contribution in [0.25, 0.3) is 0 Å². The van der Waals surface area contributed by atoms with Crippen LogP contribution in [-0.4, -0.2) is 17.5 Å². The van der Waals surface area contributed by atoms with Crippen LogP contribution in [0, 0.1) is 0 Å². The predicted octanol–water partition coefficient (Wildman–Crippen LogP) is 2.78. The zero-order chi connectivity index (χ0) is 8.91. The molecular weight excluding hydrogens is 158 g/mol. The van der Waals surface area contributed by atoms with E-state index in [0.717, 1.165) is 12.8 Å². The predicted molar refractivity (Wildman–Crippen MR) is 52.3 cm³/mol. The molecule has 2 atom stereocenters. The number of alkyl halides is 1. The highest BCUT2D eigenvalue weighted by molar-refractivity contribution is 6.18. The van der Waals surface area contributed by atoms with Crippen molar-refractivity contribution in [2.45, 2.75) is 52.1 Å². The number of rotatable bonds is 5. The third-order valence-corrected chi connectivity index (χ3v) is 2.87. The van der Waals surface area contributed by atoms with Gasteiger partial charge in [0, 0.05) is 17.5 Å². The van der Waals surface area contributed by atoms with Gasteiger partial charge in [-0.15, -0.1) is 11.6 Å². The third kappa shape index (κ3) is 3.97. The second-order valence-corrected chi connectivity index (χ2v) is 3.77. The fourth-order valence-electron chi connectivity index (χ4n) is 0.932. The second kappa shape index (κ2) is 5.00. The fraction of sp³-hybridized carbons (Fsp3) is 1.00. The molecule has 11 heavy (non-hydrogen) atoms. The van der Waals surface area contributed by atoms with E-state index in [9.17, 15) is 0 Å². The first-order valence-corrected chi connectivity index (χ1v) is 4.95. The topological polar surface area (TPSA) is 12.0 Å². The normalized spacial score (nSPS) is 19.4. The molecule has 0 aromatic heterocycles. The molecule has 0 spiro atoms. The zero-order valence-electron chi connectivity index (χ0n) is 8.08. The maximum absolute atomic E-state index is 5.85. The Labute approximate surface area is 75.5 Å². The molecule has 0 saturated heterocycles. The number of hydrogen-bond acceptors (Lipinski definition) is 1. The van der Waals surface area contributed by atoms with Gasteiger partial charge in [0.05, 0.1) is 0 Å². The lowest BCUT2D eigenvalue weighted by Crippen LogP contribution is -2.47. The Kier molecular flexibility index (Phi) is 5.11. The summed E-state index contributed by atoms with van der Waals surface area (Å²) in [6.07, 6.45) is 2.24. The van der Waals surface area contributed by atoms with Crippen molar-refractivity contribution < 1.29 is 0 Å². The minimum atomic E-state index is 0.122. The van der Waals surface area contributed by atoms with Crippen molar-refractivity contribution in [1.82, 2.24) is 5.32 Å². The quantitative estimate of drug-likeness (QED) is 0.637. The molecule has 0 radical (unpaired) electrons. The first-order valence-electron chi connectivity index (χ1n) is 4.41. The van der Waals surface area contributed by atoms with Gasteiger partial charge >= 0.3 is 0 Å². The fourth-order valence-corrected chi connectivity index (χ4v) is 1.20. The average molecular weight is 178 g/mol. The van der Waals surface area contributed by atoms with Gasteiger partial charge in [0.25, 0.3) is 0 Å². The summed E-state index contributed by atoms with van der Waals surface area (Å²) < 4.78 is 0. The SMILES string of the molecule is CCC(C)NC(C)(CC)CCl. The standard InChI is InChI=1S/C9H20ClN/c1-5-8(3)11-9(4,6-2)7-10/h8,11H,5-7H2,1-4H3. The lowest BCUT2D eigenvalue weighted by atomic mass is 10.00. The van der Waals surface area contributed by atoms with Crippen molar-refractivity contribution in [1.29, 1.82) is 0 Å². The largest absolute Gasteiger partial charge is 0.308 e. The maximum Gasteiger partial charge on any atom is 0.0403 e. The molecule has 1 N–H and O–H groups in total. The first kappa shape index (κ1) is 11.2. The van der Waals surface area contributed by atoms with Gasteiger partial charge in [-0.05, 0) is 26.7 Å². The van der Waals surface area contributed by atoms with Crippen molar-refractivity contribution in [3.63, 3.8) is 0 Å². The Hall–Kier alpha value is 0.250. The van der Waals surface area contributed by atoms with Gasteiger partial charge in [-0.2, -0.15) is 0 Å². The molecule has 2 heteroatoms. The van der Waals surface area contributed by atoms with Gasteiger partial charge in [0.2, 0.25) is 0 Å². The summed E-state index contributed by atoms with van der Waals surface area (Å²) in [5, 5.41) is 3.51. The molecule has 0 bridgehead atoms. The van der Waals surface area contributed by atoms with Gasteiger partial charge in [0.1, 0.15) is 0 Å². The van der Waals surface area contributed by atoms with Crippen LogP contribution in [0.3, 0.4) is 0 Å². The van der Waals surface area contributed by atoms with Gasteiger partial charge < -0.3 is 5.32 Å². The van der Waals surface area contributed by atoms with Gasteiger partial charge in [-0.1, -0.05) is 13.8 Å². The molecule has 0 aliphatic heterocycles. The monoisotopic (exact) mass is 177 g/mol. The minimum absolute atomic E-state index is 0.122. The summed E-state index contributed by atoms with van der Waals surface area (Å²) in [6, 6.07) is 0.568. The maximum atomic E-state index is 5.85. The molecule has 0 rings (SSSR count). The van der Waals surface area contributed by atoms with Crippen LogP contribution in [0.5, 0.6) is 0 Å². The van der Waals surface area contributed by atoms with E-state index < -0.39 is 0 Å². The van der Waals surface area contributed by atoms with Crippen LogP contribution in [0.4, 0.5) is 0 Å². The van der Waals surface area contributed by atoms with E-state index >= 15 is 0 Å². The highest BCUT2D eigenvalue weighted by atomic mass is 35.5. The lowest BCUT2D eigenvalue weighted by Gasteiger charge is -2.30. The minimum Gasteiger partial charge on any atom is -0.308 e. The van der Waals surface area contributed by atoms with E-state index in [1.165, 1.54) is 0 Å². The highest BCUT2D eigenvalue weighted by Gasteiger charge is 2.21. The Morgan fingerprint density at radius 3 is 2.27 bits per heavy atom. The van der Waals surface area contributed by atoms with Crippen LogP contribution in [0.1, 0.15) is 40.5 Å². The molecule has 0 aliphatic rings.